The summed E-state index contributed by atoms with van der Waals surface area (Å²) < 4.78 is 0. The Kier molecular flexibility index (Phi) is 13.9. The average Bonchev–Trinajstić information content (AvgIpc) is 3.11. The molecule has 2 nitrogen and oxygen atoms in total. The Morgan fingerprint density at radius 3 is 1.87 bits per heavy atom. The van der Waals surface area contributed by atoms with Crippen molar-refractivity contribution < 1.29 is 0 Å². The molecule has 0 aliphatic heterocycles. The van der Waals surface area contributed by atoms with Crippen LogP contribution in [0.15, 0.2) is 146 Å². The first-order valence-electron chi connectivity index (χ1n) is 16.7. The summed E-state index contributed by atoms with van der Waals surface area (Å²) in [4.78, 5) is 4.46. The Morgan fingerprint density at radius 1 is 0.809 bits per heavy atom. The zero-order valence-electron chi connectivity index (χ0n) is 28.7. The summed E-state index contributed by atoms with van der Waals surface area (Å²) in [6.07, 6.45) is 8.17. The van der Waals surface area contributed by atoms with E-state index in [-0.39, 0.29) is 5.41 Å². The van der Waals surface area contributed by atoms with Crippen molar-refractivity contribution in [2.24, 2.45) is 0 Å². The van der Waals surface area contributed by atoms with E-state index in [1.54, 1.807) is 0 Å². The Balaban J connectivity index is 1.68. The second-order valence-electron chi connectivity index (χ2n) is 12.4. The zero-order chi connectivity index (χ0) is 33.6. The van der Waals surface area contributed by atoms with Gasteiger partial charge in [-0.05, 0) is 86.6 Å². The molecular weight excluding hydrogens is 612 g/mol. The SMILES string of the molecule is C=C/C(C)=C\N(CCC(CCC(c1ccccc1)(c1ccc(C)cc1)c1ccc(C)cc1)SCCCCl)C(=C)N(C)c1ccccc1. The molecule has 0 amide bonds. The maximum absolute atomic E-state index is 6.18. The summed E-state index contributed by atoms with van der Waals surface area (Å²) in [5.74, 6) is 2.68. The standard InChI is InChI=1S/C43H51ClN2S/c1-7-34(2)33-46(37(5)45(6)41-17-12-9-13-18-41)31-28-42(47-32-14-30-44)27-29-43(38-15-10-8-11-16-38,39-23-19-35(3)20-24-39)40-25-21-36(4)22-26-40/h7-13,15-26,33,42H,1,5,14,27-32H2,2-4,6H3/b34-33-. The number of anilines is 1. The van der Waals surface area contributed by atoms with Crippen LogP contribution in [0.25, 0.3) is 0 Å². The molecular formula is C43H51ClN2S. The fourth-order valence-electron chi connectivity index (χ4n) is 6.17. The molecule has 0 bridgehead atoms. The van der Waals surface area contributed by atoms with Gasteiger partial charge >= 0.3 is 0 Å². The van der Waals surface area contributed by atoms with Gasteiger partial charge in [-0.2, -0.15) is 11.8 Å². The molecule has 0 N–H and O–H groups in total. The average molecular weight is 663 g/mol. The number of allylic oxidation sites excluding steroid dienone is 2. The number of para-hydroxylation sites is 1. The highest BCUT2D eigenvalue weighted by Gasteiger charge is 2.36. The number of hydrogen-bond acceptors (Lipinski definition) is 3. The molecule has 1 atom stereocenters. The van der Waals surface area contributed by atoms with Crippen molar-refractivity contribution in [3.05, 3.63) is 174 Å². The molecule has 0 spiro atoms. The summed E-state index contributed by atoms with van der Waals surface area (Å²) in [7, 11) is 2.09. The van der Waals surface area contributed by atoms with Crippen LogP contribution in [-0.2, 0) is 5.41 Å². The fraction of sp³-hybridized carbons (Fsp3) is 0.302. The molecule has 4 heteroatoms. The maximum atomic E-state index is 6.18. The highest BCUT2D eigenvalue weighted by molar-refractivity contribution is 7.99. The van der Waals surface area contributed by atoms with E-state index in [1.807, 2.05) is 12.1 Å². The van der Waals surface area contributed by atoms with E-state index in [0.29, 0.717) is 11.1 Å². The van der Waals surface area contributed by atoms with Gasteiger partial charge < -0.3 is 9.80 Å². The number of thioether (sulfide) groups is 1. The Bertz CT molecular complexity index is 1520. The second-order valence-corrected chi connectivity index (χ2v) is 14.2. The van der Waals surface area contributed by atoms with Gasteiger partial charge in [-0.3, -0.25) is 0 Å². The van der Waals surface area contributed by atoms with Crippen LogP contribution in [0.4, 0.5) is 5.69 Å². The van der Waals surface area contributed by atoms with E-state index >= 15 is 0 Å². The highest BCUT2D eigenvalue weighted by Crippen LogP contribution is 2.44. The number of hydrogen-bond donors (Lipinski definition) is 0. The predicted molar refractivity (Wildman–Crippen MR) is 209 cm³/mol. The molecule has 47 heavy (non-hydrogen) atoms. The van der Waals surface area contributed by atoms with Crippen molar-refractivity contribution in [1.29, 1.82) is 0 Å². The highest BCUT2D eigenvalue weighted by atomic mass is 35.5. The maximum Gasteiger partial charge on any atom is 0.105 e. The van der Waals surface area contributed by atoms with Gasteiger partial charge in [0, 0.05) is 42.0 Å². The molecule has 0 heterocycles. The summed E-state index contributed by atoms with van der Waals surface area (Å²) in [5.41, 5.74) is 8.52. The number of halogens is 1. The molecule has 0 aromatic heterocycles. The van der Waals surface area contributed by atoms with Gasteiger partial charge in [0.1, 0.15) is 5.82 Å². The van der Waals surface area contributed by atoms with Crippen LogP contribution in [0.2, 0.25) is 0 Å². The molecule has 0 fully saturated rings. The monoisotopic (exact) mass is 662 g/mol. The second kappa shape index (κ2) is 18.0. The Morgan fingerprint density at radius 2 is 1.34 bits per heavy atom. The molecule has 0 radical (unpaired) electrons. The smallest absolute Gasteiger partial charge is 0.105 e. The lowest BCUT2D eigenvalue weighted by atomic mass is 9.66. The fourth-order valence-corrected chi connectivity index (χ4v) is 7.66. The van der Waals surface area contributed by atoms with Crippen molar-refractivity contribution in [2.75, 3.05) is 30.1 Å². The topological polar surface area (TPSA) is 6.48 Å². The summed E-state index contributed by atoms with van der Waals surface area (Å²) >= 11 is 8.24. The van der Waals surface area contributed by atoms with Crippen LogP contribution in [-0.4, -0.2) is 35.4 Å². The van der Waals surface area contributed by atoms with Gasteiger partial charge in [0.05, 0.1) is 0 Å². The molecule has 0 saturated carbocycles. The summed E-state index contributed by atoms with van der Waals surface area (Å²) in [6, 6.07) is 39.9. The third kappa shape index (κ3) is 9.69. The summed E-state index contributed by atoms with van der Waals surface area (Å²) in [5, 5.41) is 0.437. The van der Waals surface area contributed by atoms with Gasteiger partial charge in [0.25, 0.3) is 0 Å². The van der Waals surface area contributed by atoms with Crippen molar-refractivity contribution in [1.82, 2.24) is 4.90 Å². The predicted octanol–water partition coefficient (Wildman–Crippen LogP) is 11.5. The number of rotatable bonds is 18. The van der Waals surface area contributed by atoms with Crippen LogP contribution in [0.3, 0.4) is 0 Å². The van der Waals surface area contributed by atoms with Gasteiger partial charge in [0.2, 0.25) is 0 Å². The first kappa shape index (κ1) is 36.2. The zero-order valence-corrected chi connectivity index (χ0v) is 30.2. The van der Waals surface area contributed by atoms with E-state index in [4.69, 9.17) is 11.6 Å². The number of alkyl halides is 1. The Labute approximate surface area is 293 Å². The summed E-state index contributed by atoms with van der Waals surface area (Å²) in [6.45, 7) is 15.8. The largest absolute Gasteiger partial charge is 0.335 e. The minimum absolute atomic E-state index is 0.274. The minimum Gasteiger partial charge on any atom is -0.335 e. The molecule has 246 valence electrons. The van der Waals surface area contributed by atoms with Gasteiger partial charge in [-0.1, -0.05) is 127 Å². The number of aryl methyl sites for hydroxylation is 2. The third-order valence-corrected chi connectivity index (χ3v) is 10.8. The molecule has 4 aromatic rings. The van der Waals surface area contributed by atoms with E-state index in [0.717, 1.165) is 55.1 Å². The van der Waals surface area contributed by atoms with Crippen LogP contribution in [0, 0.1) is 13.8 Å². The first-order chi connectivity index (χ1) is 22.8. The lowest BCUT2D eigenvalue weighted by molar-refractivity contribution is 0.423. The van der Waals surface area contributed by atoms with Gasteiger partial charge in [0.15, 0.2) is 0 Å². The Hall–Kier alpha value is -3.66. The lowest BCUT2D eigenvalue weighted by Gasteiger charge is -2.38. The van der Waals surface area contributed by atoms with Crippen LogP contribution in [0.1, 0.15) is 60.4 Å². The van der Waals surface area contributed by atoms with Crippen LogP contribution < -0.4 is 4.90 Å². The van der Waals surface area contributed by atoms with E-state index in [9.17, 15) is 0 Å². The quantitative estimate of drug-likeness (QED) is 0.0453. The molecule has 0 saturated heterocycles. The van der Waals surface area contributed by atoms with Gasteiger partial charge in [-0.15, -0.1) is 11.6 Å². The molecule has 0 aliphatic carbocycles. The van der Waals surface area contributed by atoms with Crippen LogP contribution in [0.5, 0.6) is 0 Å². The number of nitrogens with zero attached hydrogens (tertiary/aromatic N) is 2. The molecule has 4 rings (SSSR count). The molecule has 1 unspecified atom stereocenters. The lowest BCUT2D eigenvalue weighted by Crippen LogP contribution is -2.33. The third-order valence-electron chi connectivity index (χ3n) is 9.06. The normalized spacial score (nSPS) is 12.4. The van der Waals surface area contributed by atoms with E-state index in [1.165, 1.54) is 27.8 Å². The first-order valence-corrected chi connectivity index (χ1v) is 18.3. The minimum atomic E-state index is -0.274. The molecule has 4 aromatic carbocycles. The molecule has 0 aliphatic rings. The van der Waals surface area contributed by atoms with Gasteiger partial charge in [-0.25, -0.2) is 0 Å². The van der Waals surface area contributed by atoms with Crippen molar-refractivity contribution in [3.63, 3.8) is 0 Å². The van der Waals surface area contributed by atoms with Crippen molar-refractivity contribution in [2.45, 2.75) is 57.1 Å². The van der Waals surface area contributed by atoms with Crippen molar-refractivity contribution in [3.8, 4) is 0 Å². The van der Waals surface area contributed by atoms with E-state index in [2.05, 4.69) is 172 Å². The van der Waals surface area contributed by atoms with Crippen LogP contribution >= 0.6 is 23.4 Å². The van der Waals surface area contributed by atoms with Crippen molar-refractivity contribution >= 4 is 29.1 Å². The number of benzene rings is 4. The van der Waals surface area contributed by atoms with E-state index < -0.39 is 0 Å².